The molecule has 2 N–H and O–H groups in total. The Bertz CT molecular complexity index is 971. The first-order chi connectivity index (χ1) is 14.2. The van der Waals surface area contributed by atoms with Crippen molar-refractivity contribution in [2.75, 3.05) is 13.2 Å². The number of aromatic hydroxyl groups is 1. The smallest absolute Gasteiger partial charge is 0.221 e. The molecule has 0 saturated heterocycles. The molecule has 1 heterocycles. The molecule has 4 nitrogen and oxygen atoms in total. The van der Waals surface area contributed by atoms with Crippen molar-refractivity contribution < 1.29 is 14.6 Å². The second kappa shape index (κ2) is 8.93. The van der Waals surface area contributed by atoms with E-state index in [0.717, 1.165) is 23.1 Å². The minimum absolute atomic E-state index is 0.0613. The molecule has 0 saturated carbocycles. The molecule has 0 aliphatic carbocycles. The van der Waals surface area contributed by atoms with Crippen molar-refractivity contribution in [3.8, 4) is 5.75 Å². The number of fused-ring (bicyclic) bond motifs is 1. The third-order valence-corrected chi connectivity index (χ3v) is 5.48. The molecule has 4 rings (SSSR count). The van der Waals surface area contributed by atoms with E-state index in [0.29, 0.717) is 13.2 Å². The van der Waals surface area contributed by atoms with Gasteiger partial charge in [-0.05, 0) is 29.2 Å². The molecular weight excluding hydrogens is 362 g/mol. The average Bonchev–Trinajstić information content (AvgIpc) is 2.77. The van der Waals surface area contributed by atoms with Crippen molar-refractivity contribution >= 4 is 5.91 Å². The molecule has 4 heteroatoms. The molecule has 0 aromatic heterocycles. The standard InChI is InChI=1S/C25H25NO3/c27-23-13-7-6-12-21(23)22(18-8-2-1-3-9-18)16-25(28)26-17-24-20-11-5-4-10-19(20)14-15-29-24/h1-13,22,24,27H,14-17H2,(H,26,28)/t22-,24-/m1/s1. The number of benzene rings is 3. The van der Waals surface area contributed by atoms with Crippen LogP contribution >= 0.6 is 0 Å². The number of ether oxygens (including phenoxy) is 1. The summed E-state index contributed by atoms with van der Waals surface area (Å²) in [4.78, 5) is 12.8. The van der Waals surface area contributed by atoms with E-state index < -0.39 is 0 Å². The molecule has 0 fully saturated rings. The number of hydrogen-bond donors (Lipinski definition) is 2. The van der Waals surface area contributed by atoms with Crippen LogP contribution in [0, 0.1) is 0 Å². The van der Waals surface area contributed by atoms with Crippen LogP contribution in [0.15, 0.2) is 78.9 Å². The summed E-state index contributed by atoms with van der Waals surface area (Å²) in [5, 5.41) is 13.4. The van der Waals surface area contributed by atoms with Crippen LogP contribution in [0.25, 0.3) is 0 Å². The van der Waals surface area contributed by atoms with Crippen LogP contribution in [0.1, 0.15) is 40.7 Å². The van der Waals surface area contributed by atoms with Crippen molar-refractivity contribution in [3.05, 3.63) is 101 Å². The van der Waals surface area contributed by atoms with Gasteiger partial charge in [0.15, 0.2) is 0 Å². The van der Waals surface area contributed by atoms with Crippen LogP contribution in [0.4, 0.5) is 0 Å². The van der Waals surface area contributed by atoms with E-state index in [1.54, 1.807) is 12.1 Å². The molecule has 0 unspecified atom stereocenters. The zero-order chi connectivity index (χ0) is 20.1. The van der Waals surface area contributed by atoms with Crippen LogP contribution in [0.2, 0.25) is 0 Å². The number of hydrogen-bond acceptors (Lipinski definition) is 3. The van der Waals surface area contributed by atoms with Gasteiger partial charge in [-0.2, -0.15) is 0 Å². The van der Waals surface area contributed by atoms with E-state index >= 15 is 0 Å². The minimum atomic E-state index is -0.211. The summed E-state index contributed by atoms with van der Waals surface area (Å²) >= 11 is 0. The van der Waals surface area contributed by atoms with Crippen LogP contribution in [0.3, 0.4) is 0 Å². The first-order valence-corrected chi connectivity index (χ1v) is 10.0. The maximum absolute atomic E-state index is 12.8. The summed E-state index contributed by atoms with van der Waals surface area (Å²) in [5.41, 5.74) is 4.20. The maximum Gasteiger partial charge on any atom is 0.221 e. The monoisotopic (exact) mass is 387 g/mol. The van der Waals surface area contributed by atoms with Crippen LogP contribution in [-0.4, -0.2) is 24.2 Å². The molecule has 0 radical (unpaired) electrons. The fraction of sp³-hybridized carbons (Fsp3) is 0.240. The lowest BCUT2D eigenvalue weighted by Crippen LogP contribution is -2.32. The van der Waals surface area contributed by atoms with Crippen LogP contribution in [-0.2, 0) is 16.0 Å². The second-order valence-electron chi connectivity index (χ2n) is 7.34. The molecule has 1 amide bonds. The van der Waals surface area contributed by atoms with E-state index in [1.807, 2.05) is 54.6 Å². The second-order valence-corrected chi connectivity index (χ2v) is 7.34. The number of para-hydroxylation sites is 1. The Kier molecular flexibility index (Phi) is 5.92. The van der Waals surface area contributed by atoms with Crippen molar-refractivity contribution in [2.24, 2.45) is 0 Å². The zero-order valence-corrected chi connectivity index (χ0v) is 16.3. The van der Waals surface area contributed by atoms with Gasteiger partial charge in [-0.1, -0.05) is 72.8 Å². The SMILES string of the molecule is O=C(C[C@H](c1ccccc1)c1ccccc1O)NC[C@H]1OCCc2ccccc21. The Balaban J connectivity index is 1.47. The Labute approximate surface area is 171 Å². The summed E-state index contributed by atoms with van der Waals surface area (Å²) < 4.78 is 5.89. The predicted octanol–water partition coefficient (Wildman–Crippen LogP) is 4.34. The summed E-state index contributed by atoms with van der Waals surface area (Å²) in [6, 6.07) is 25.3. The number of phenolic OH excluding ortho intramolecular Hbond substituents is 1. The highest BCUT2D eigenvalue weighted by Gasteiger charge is 2.24. The third kappa shape index (κ3) is 4.49. The highest BCUT2D eigenvalue weighted by molar-refractivity contribution is 5.77. The average molecular weight is 387 g/mol. The minimum Gasteiger partial charge on any atom is -0.508 e. The Morgan fingerprint density at radius 1 is 1.00 bits per heavy atom. The molecular formula is C25H25NO3. The molecule has 2 atom stereocenters. The van der Waals surface area contributed by atoms with Gasteiger partial charge >= 0.3 is 0 Å². The van der Waals surface area contributed by atoms with E-state index in [9.17, 15) is 9.90 Å². The van der Waals surface area contributed by atoms with Gasteiger partial charge in [-0.15, -0.1) is 0 Å². The maximum atomic E-state index is 12.8. The highest BCUT2D eigenvalue weighted by Crippen LogP contribution is 2.34. The topological polar surface area (TPSA) is 58.6 Å². The van der Waals surface area contributed by atoms with Crippen LogP contribution in [0.5, 0.6) is 5.75 Å². The molecule has 3 aromatic rings. The van der Waals surface area contributed by atoms with Gasteiger partial charge in [0.2, 0.25) is 5.91 Å². The zero-order valence-electron chi connectivity index (χ0n) is 16.3. The van der Waals surface area contributed by atoms with Crippen LogP contribution < -0.4 is 5.32 Å². The van der Waals surface area contributed by atoms with Gasteiger partial charge < -0.3 is 15.2 Å². The van der Waals surface area contributed by atoms with Crippen molar-refractivity contribution in [1.29, 1.82) is 0 Å². The fourth-order valence-electron chi connectivity index (χ4n) is 3.98. The Morgan fingerprint density at radius 2 is 1.72 bits per heavy atom. The molecule has 3 aromatic carbocycles. The van der Waals surface area contributed by atoms with Gasteiger partial charge in [0, 0.05) is 24.4 Å². The first-order valence-electron chi connectivity index (χ1n) is 10.0. The van der Waals surface area contributed by atoms with E-state index in [1.165, 1.54) is 5.56 Å². The summed E-state index contributed by atoms with van der Waals surface area (Å²) in [5.74, 6) is -0.0654. The van der Waals surface area contributed by atoms with Gasteiger partial charge in [-0.3, -0.25) is 4.79 Å². The fourth-order valence-corrected chi connectivity index (χ4v) is 3.98. The van der Waals surface area contributed by atoms with E-state index in [-0.39, 0.29) is 30.1 Å². The molecule has 0 spiro atoms. The predicted molar refractivity (Wildman–Crippen MR) is 113 cm³/mol. The number of phenols is 1. The normalized spacial score (nSPS) is 16.6. The molecule has 0 bridgehead atoms. The summed E-state index contributed by atoms with van der Waals surface area (Å²) in [6.45, 7) is 1.11. The van der Waals surface area contributed by atoms with Crippen molar-refractivity contribution in [2.45, 2.75) is 24.9 Å². The lowest BCUT2D eigenvalue weighted by atomic mass is 9.87. The summed E-state index contributed by atoms with van der Waals surface area (Å²) in [6.07, 6.45) is 1.05. The number of amides is 1. The quantitative estimate of drug-likeness (QED) is 0.661. The molecule has 148 valence electrons. The lowest BCUT2D eigenvalue weighted by Gasteiger charge is -2.26. The van der Waals surface area contributed by atoms with E-state index in [2.05, 4.69) is 17.4 Å². The number of nitrogens with one attached hydrogen (secondary N) is 1. The largest absolute Gasteiger partial charge is 0.508 e. The van der Waals surface area contributed by atoms with Gasteiger partial charge in [-0.25, -0.2) is 0 Å². The van der Waals surface area contributed by atoms with E-state index in [4.69, 9.17) is 4.74 Å². The number of carbonyl (C=O) groups is 1. The van der Waals surface area contributed by atoms with Crippen molar-refractivity contribution in [3.63, 3.8) is 0 Å². The Hall–Kier alpha value is -3.11. The Morgan fingerprint density at radius 3 is 2.55 bits per heavy atom. The molecule has 29 heavy (non-hydrogen) atoms. The number of rotatable bonds is 6. The lowest BCUT2D eigenvalue weighted by molar-refractivity contribution is -0.122. The third-order valence-electron chi connectivity index (χ3n) is 5.48. The summed E-state index contributed by atoms with van der Waals surface area (Å²) in [7, 11) is 0. The highest BCUT2D eigenvalue weighted by atomic mass is 16.5. The molecule has 1 aliphatic rings. The van der Waals surface area contributed by atoms with Gasteiger partial charge in [0.05, 0.1) is 6.61 Å². The van der Waals surface area contributed by atoms with Gasteiger partial charge in [0.1, 0.15) is 11.9 Å². The van der Waals surface area contributed by atoms with Crippen molar-refractivity contribution in [1.82, 2.24) is 5.32 Å². The number of carbonyl (C=O) groups excluding carboxylic acids is 1. The first kappa shape index (κ1) is 19.2. The molecule has 1 aliphatic heterocycles. The van der Waals surface area contributed by atoms with Gasteiger partial charge in [0.25, 0.3) is 0 Å².